The van der Waals surface area contributed by atoms with Crippen LogP contribution >= 0.6 is 11.8 Å². The van der Waals surface area contributed by atoms with Gasteiger partial charge in [0, 0.05) is 10.9 Å². The summed E-state index contributed by atoms with van der Waals surface area (Å²) in [7, 11) is -3.06. The zero-order valence-electron chi connectivity index (χ0n) is 15.8. The Hall–Kier alpha value is -2.12. The Morgan fingerprint density at radius 2 is 1.64 bits per heavy atom. The minimum absolute atomic E-state index is 0.0859. The highest BCUT2D eigenvalue weighted by Gasteiger charge is 2.49. The van der Waals surface area contributed by atoms with Gasteiger partial charge in [-0.3, -0.25) is 4.79 Å². The van der Waals surface area contributed by atoms with Crippen LogP contribution in [0.25, 0.3) is 0 Å². The first-order chi connectivity index (χ1) is 13.3. The first-order valence-corrected chi connectivity index (χ1v) is 11.9. The number of nitrogens with zero attached hydrogens (tertiary/aromatic N) is 2. The van der Waals surface area contributed by atoms with Crippen LogP contribution in [0.4, 0.5) is 5.69 Å². The number of fused-ring (bicyclic) bond motifs is 1. The van der Waals surface area contributed by atoms with Gasteiger partial charge in [-0.2, -0.15) is 4.99 Å². The number of anilines is 1. The highest BCUT2D eigenvalue weighted by Crippen LogP contribution is 2.41. The Kier molecular flexibility index (Phi) is 5.05. The standard InChI is InChI=1S/C21H22N2O3S2/c1-14-3-7-16(8-4-14)11-20(24)22-21-23(17-9-5-15(2)6-10-17)18-12-28(25,26)13-19(18)27-21/h3-10,18-19H,11-13H2,1-2H3. The molecule has 2 aromatic carbocycles. The number of rotatable bonds is 3. The Balaban J connectivity index is 1.62. The summed E-state index contributed by atoms with van der Waals surface area (Å²) in [6.45, 7) is 4.01. The monoisotopic (exact) mass is 414 g/mol. The maximum absolute atomic E-state index is 12.6. The number of amidine groups is 1. The van der Waals surface area contributed by atoms with Crippen molar-refractivity contribution >= 4 is 38.4 Å². The largest absolute Gasteiger partial charge is 0.316 e. The third-order valence-electron chi connectivity index (χ3n) is 5.08. The molecule has 5 nitrogen and oxygen atoms in total. The molecule has 28 heavy (non-hydrogen) atoms. The summed E-state index contributed by atoms with van der Waals surface area (Å²) in [6, 6.07) is 15.6. The molecule has 0 saturated carbocycles. The maximum atomic E-state index is 12.6. The van der Waals surface area contributed by atoms with Crippen LogP contribution in [0.1, 0.15) is 16.7 Å². The molecule has 2 heterocycles. The third-order valence-corrected chi connectivity index (χ3v) is 8.28. The third kappa shape index (κ3) is 4.00. The van der Waals surface area contributed by atoms with Crippen molar-refractivity contribution in [2.24, 2.45) is 4.99 Å². The number of hydrogen-bond acceptors (Lipinski definition) is 4. The van der Waals surface area contributed by atoms with E-state index < -0.39 is 9.84 Å². The van der Waals surface area contributed by atoms with Crippen LogP contribution in [0.2, 0.25) is 0 Å². The molecule has 0 N–H and O–H groups in total. The number of hydrogen-bond donors (Lipinski definition) is 0. The summed E-state index contributed by atoms with van der Waals surface area (Å²) in [5.41, 5.74) is 4.07. The predicted molar refractivity (Wildman–Crippen MR) is 115 cm³/mol. The molecule has 7 heteroatoms. The van der Waals surface area contributed by atoms with Crippen molar-refractivity contribution < 1.29 is 13.2 Å². The van der Waals surface area contributed by atoms with Gasteiger partial charge in [0.05, 0.1) is 24.0 Å². The fourth-order valence-corrected chi connectivity index (χ4v) is 7.53. The zero-order valence-corrected chi connectivity index (χ0v) is 17.5. The van der Waals surface area contributed by atoms with Crippen molar-refractivity contribution in [2.75, 3.05) is 16.4 Å². The number of sulfone groups is 1. The molecule has 0 spiro atoms. The van der Waals surface area contributed by atoms with Crippen LogP contribution in [-0.2, 0) is 21.1 Å². The molecular formula is C21H22N2O3S2. The lowest BCUT2D eigenvalue weighted by atomic mass is 10.1. The van der Waals surface area contributed by atoms with Gasteiger partial charge in [0.2, 0.25) is 0 Å². The van der Waals surface area contributed by atoms with Crippen molar-refractivity contribution in [3.63, 3.8) is 0 Å². The molecule has 2 fully saturated rings. The number of aliphatic imine (C=N–C) groups is 1. The molecule has 0 aromatic heterocycles. The number of thioether (sulfide) groups is 1. The fourth-order valence-electron chi connectivity index (χ4n) is 3.60. The van der Waals surface area contributed by atoms with E-state index in [-0.39, 0.29) is 35.1 Å². The molecule has 0 aliphatic carbocycles. The Bertz CT molecular complexity index is 1030. The summed E-state index contributed by atoms with van der Waals surface area (Å²) in [4.78, 5) is 18.9. The highest BCUT2D eigenvalue weighted by atomic mass is 32.2. The Labute approximate surface area is 169 Å². The zero-order chi connectivity index (χ0) is 19.9. The summed E-state index contributed by atoms with van der Waals surface area (Å²) < 4.78 is 24.3. The summed E-state index contributed by atoms with van der Waals surface area (Å²) in [6.07, 6.45) is 0.236. The average molecular weight is 415 g/mol. The molecule has 0 radical (unpaired) electrons. The molecule has 2 unspecified atom stereocenters. The number of carbonyl (C=O) groups excluding carboxylic acids is 1. The van der Waals surface area contributed by atoms with E-state index in [1.807, 2.05) is 67.3 Å². The molecule has 146 valence electrons. The van der Waals surface area contributed by atoms with Gasteiger partial charge in [-0.05, 0) is 31.5 Å². The topological polar surface area (TPSA) is 66.8 Å². The summed E-state index contributed by atoms with van der Waals surface area (Å²) in [5.74, 6) is 0.0193. The fraction of sp³-hybridized carbons (Fsp3) is 0.333. The van der Waals surface area contributed by atoms with Gasteiger partial charge >= 0.3 is 0 Å². The lowest BCUT2D eigenvalue weighted by Crippen LogP contribution is -2.37. The van der Waals surface area contributed by atoms with Gasteiger partial charge in [0.15, 0.2) is 15.0 Å². The van der Waals surface area contributed by atoms with Crippen LogP contribution in [-0.4, -0.2) is 42.3 Å². The molecule has 2 aliphatic rings. The van der Waals surface area contributed by atoms with E-state index in [0.717, 1.165) is 22.4 Å². The van der Waals surface area contributed by atoms with Gasteiger partial charge in [-0.1, -0.05) is 59.3 Å². The minimum atomic E-state index is -3.06. The average Bonchev–Trinajstić information content (AvgIpc) is 3.09. The minimum Gasteiger partial charge on any atom is -0.316 e. The van der Waals surface area contributed by atoms with Gasteiger partial charge < -0.3 is 4.90 Å². The van der Waals surface area contributed by atoms with Crippen molar-refractivity contribution in [2.45, 2.75) is 31.6 Å². The first kappa shape index (κ1) is 19.2. The van der Waals surface area contributed by atoms with Crippen molar-refractivity contribution in [1.82, 2.24) is 0 Å². The van der Waals surface area contributed by atoms with Gasteiger partial charge in [-0.25, -0.2) is 8.42 Å². The van der Waals surface area contributed by atoms with Crippen molar-refractivity contribution in [1.29, 1.82) is 0 Å². The molecule has 2 aromatic rings. The number of benzene rings is 2. The smallest absolute Gasteiger partial charge is 0.252 e. The second-order valence-corrected chi connectivity index (χ2v) is 10.8. The molecule has 1 amide bonds. The van der Waals surface area contributed by atoms with Crippen molar-refractivity contribution in [3.05, 3.63) is 65.2 Å². The molecule has 4 rings (SSSR count). The van der Waals surface area contributed by atoms with Crippen molar-refractivity contribution in [3.8, 4) is 0 Å². The van der Waals surface area contributed by atoms with E-state index in [2.05, 4.69) is 4.99 Å². The van der Waals surface area contributed by atoms with Gasteiger partial charge in [-0.15, -0.1) is 0 Å². The van der Waals surface area contributed by atoms with E-state index in [1.54, 1.807) is 0 Å². The van der Waals surface area contributed by atoms with Crippen LogP contribution in [0.5, 0.6) is 0 Å². The maximum Gasteiger partial charge on any atom is 0.252 e. The van der Waals surface area contributed by atoms with E-state index >= 15 is 0 Å². The van der Waals surface area contributed by atoms with Gasteiger partial charge in [0.1, 0.15) is 0 Å². The van der Waals surface area contributed by atoms with E-state index in [0.29, 0.717) is 5.17 Å². The highest BCUT2D eigenvalue weighted by molar-refractivity contribution is 8.16. The lowest BCUT2D eigenvalue weighted by Gasteiger charge is -2.24. The molecule has 2 atom stereocenters. The number of aryl methyl sites for hydroxylation is 2. The normalized spacial score (nSPS) is 24.5. The Morgan fingerprint density at radius 1 is 1.04 bits per heavy atom. The second-order valence-electron chi connectivity index (χ2n) is 7.46. The SMILES string of the molecule is Cc1ccc(CC(=O)N=C2SC3CS(=O)(=O)CC3N2c2ccc(C)cc2)cc1. The van der Waals surface area contributed by atoms with Crippen LogP contribution < -0.4 is 4.90 Å². The molecule has 0 bridgehead atoms. The summed E-state index contributed by atoms with van der Waals surface area (Å²) >= 11 is 1.41. The number of amides is 1. The van der Waals surface area contributed by atoms with Crippen LogP contribution in [0, 0.1) is 13.8 Å². The van der Waals surface area contributed by atoms with Crippen LogP contribution in [0.15, 0.2) is 53.5 Å². The van der Waals surface area contributed by atoms with Gasteiger partial charge in [0.25, 0.3) is 5.91 Å². The quantitative estimate of drug-likeness (QED) is 0.772. The van der Waals surface area contributed by atoms with E-state index in [1.165, 1.54) is 11.8 Å². The molecule has 2 aliphatic heterocycles. The lowest BCUT2D eigenvalue weighted by molar-refractivity contribution is -0.117. The molecular weight excluding hydrogens is 392 g/mol. The van der Waals surface area contributed by atoms with E-state index in [9.17, 15) is 13.2 Å². The Morgan fingerprint density at radius 3 is 2.29 bits per heavy atom. The van der Waals surface area contributed by atoms with Crippen LogP contribution in [0.3, 0.4) is 0 Å². The second kappa shape index (κ2) is 7.37. The van der Waals surface area contributed by atoms with E-state index in [4.69, 9.17) is 0 Å². The first-order valence-electron chi connectivity index (χ1n) is 9.21. The predicted octanol–water partition coefficient (Wildman–Crippen LogP) is 3.15. The number of carbonyl (C=O) groups is 1. The molecule has 2 saturated heterocycles. The summed E-state index contributed by atoms with van der Waals surface area (Å²) in [5, 5.41) is 0.517.